The number of nitrogens with zero attached hydrogens (tertiary/aromatic N) is 3. The minimum absolute atomic E-state index is 0.782. The van der Waals surface area contributed by atoms with Crippen LogP contribution in [0.15, 0.2) is 66.9 Å². The van der Waals surface area contributed by atoms with E-state index in [4.69, 9.17) is 4.98 Å². The Morgan fingerprint density at radius 1 is 0.833 bits per heavy atom. The number of aromatic nitrogens is 3. The molecule has 0 saturated carbocycles. The second kappa shape index (κ2) is 5.93. The van der Waals surface area contributed by atoms with Crippen LogP contribution in [0.1, 0.15) is 22.5 Å². The third-order valence-electron chi connectivity index (χ3n) is 4.26. The van der Waals surface area contributed by atoms with Gasteiger partial charge in [0.25, 0.3) is 0 Å². The molecule has 2 heterocycles. The van der Waals surface area contributed by atoms with E-state index in [1.165, 1.54) is 16.7 Å². The van der Waals surface area contributed by atoms with Gasteiger partial charge in [-0.2, -0.15) is 0 Å². The lowest BCUT2D eigenvalue weighted by atomic mass is 10.1. The van der Waals surface area contributed by atoms with Crippen LogP contribution in [-0.2, 0) is 6.42 Å². The first kappa shape index (κ1) is 14.6. The highest BCUT2D eigenvalue weighted by molar-refractivity contribution is 5.74. The monoisotopic (exact) mass is 313 g/mol. The van der Waals surface area contributed by atoms with Crippen molar-refractivity contribution < 1.29 is 0 Å². The standard InChI is InChI=1S/C21H19N3/c1-15-5-9-17(10-6-15)14-20-23-19-4-3-13-22-21(19)24(20)18-11-7-16(2)8-12-18/h3-13H,14H2,1-2H3. The van der Waals surface area contributed by atoms with E-state index in [2.05, 4.69) is 71.9 Å². The van der Waals surface area contributed by atoms with Gasteiger partial charge < -0.3 is 0 Å². The molecule has 0 aliphatic rings. The Hall–Kier alpha value is -2.94. The van der Waals surface area contributed by atoms with Crippen LogP contribution in [0.25, 0.3) is 16.9 Å². The minimum Gasteiger partial charge on any atom is -0.280 e. The Bertz CT molecular complexity index is 980. The van der Waals surface area contributed by atoms with E-state index in [0.29, 0.717) is 0 Å². The number of imidazole rings is 1. The lowest BCUT2D eigenvalue weighted by Crippen LogP contribution is -2.03. The van der Waals surface area contributed by atoms with Crippen LogP contribution in [0.2, 0.25) is 0 Å². The maximum absolute atomic E-state index is 4.83. The largest absolute Gasteiger partial charge is 0.280 e. The van der Waals surface area contributed by atoms with Crippen molar-refractivity contribution in [1.29, 1.82) is 0 Å². The minimum atomic E-state index is 0.782. The van der Waals surface area contributed by atoms with Gasteiger partial charge in [0.05, 0.1) is 0 Å². The molecular weight excluding hydrogens is 294 g/mol. The molecular formula is C21H19N3. The Balaban J connectivity index is 1.86. The van der Waals surface area contributed by atoms with Gasteiger partial charge in [-0.3, -0.25) is 4.57 Å². The van der Waals surface area contributed by atoms with Crippen molar-refractivity contribution in [2.24, 2.45) is 0 Å². The molecule has 0 spiro atoms. The van der Waals surface area contributed by atoms with E-state index in [1.54, 1.807) is 0 Å². The third kappa shape index (κ3) is 2.69. The van der Waals surface area contributed by atoms with E-state index in [9.17, 15) is 0 Å². The summed E-state index contributed by atoms with van der Waals surface area (Å²) >= 11 is 0. The number of rotatable bonds is 3. The molecule has 3 heteroatoms. The average Bonchev–Trinajstić information content (AvgIpc) is 2.96. The van der Waals surface area contributed by atoms with Crippen molar-refractivity contribution in [3.8, 4) is 5.69 Å². The van der Waals surface area contributed by atoms with Crippen molar-refractivity contribution >= 4 is 11.2 Å². The molecule has 118 valence electrons. The third-order valence-corrected chi connectivity index (χ3v) is 4.26. The lowest BCUT2D eigenvalue weighted by Gasteiger charge is -2.09. The van der Waals surface area contributed by atoms with Crippen LogP contribution in [0.4, 0.5) is 0 Å². The molecule has 4 rings (SSSR count). The summed E-state index contributed by atoms with van der Waals surface area (Å²) in [4.78, 5) is 9.39. The second-order valence-corrected chi connectivity index (χ2v) is 6.21. The Labute approximate surface area is 141 Å². The molecule has 24 heavy (non-hydrogen) atoms. The van der Waals surface area contributed by atoms with Crippen molar-refractivity contribution in [3.05, 3.63) is 89.4 Å². The highest BCUT2D eigenvalue weighted by atomic mass is 15.1. The maximum Gasteiger partial charge on any atom is 0.164 e. The van der Waals surface area contributed by atoms with E-state index in [0.717, 1.165) is 29.1 Å². The summed E-state index contributed by atoms with van der Waals surface area (Å²) in [6.07, 6.45) is 2.61. The van der Waals surface area contributed by atoms with Gasteiger partial charge in [-0.25, -0.2) is 9.97 Å². The summed E-state index contributed by atoms with van der Waals surface area (Å²) in [5.74, 6) is 1.01. The first-order chi connectivity index (χ1) is 11.7. The van der Waals surface area contributed by atoms with Crippen molar-refractivity contribution in [3.63, 3.8) is 0 Å². The summed E-state index contributed by atoms with van der Waals surface area (Å²) in [6, 6.07) is 21.1. The van der Waals surface area contributed by atoms with Crippen LogP contribution in [0.5, 0.6) is 0 Å². The van der Waals surface area contributed by atoms with Gasteiger partial charge in [0, 0.05) is 18.3 Å². The van der Waals surface area contributed by atoms with Crippen LogP contribution in [0, 0.1) is 13.8 Å². The normalized spacial score (nSPS) is 11.1. The van der Waals surface area contributed by atoms with Crippen LogP contribution >= 0.6 is 0 Å². The summed E-state index contributed by atoms with van der Waals surface area (Å²) in [7, 11) is 0. The highest BCUT2D eigenvalue weighted by Gasteiger charge is 2.13. The number of aryl methyl sites for hydroxylation is 2. The first-order valence-electron chi connectivity index (χ1n) is 8.16. The Morgan fingerprint density at radius 2 is 1.50 bits per heavy atom. The van der Waals surface area contributed by atoms with Gasteiger partial charge in [0.15, 0.2) is 5.65 Å². The summed E-state index contributed by atoms with van der Waals surface area (Å²) in [5, 5.41) is 0. The summed E-state index contributed by atoms with van der Waals surface area (Å²) in [5.41, 5.74) is 6.71. The molecule has 0 N–H and O–H groups in total. The molecule has 0 bridgehead atoms. The van der Waals surface area contributed by atoms with Gasteiger partial charge in [0.1, 0.15) is 11.3 Å². The zero-order valence-corrected chi connectivity index (χ0v) is 13.9. The van der Waals surface area contributed by atoms with Crippen LogP contribution in [0.3, 0.4) is 0 Å². The molecule has 0 fully saturated rings. The van der Waals surface area contributed by atoms with Gasteiger partial charge in [-0.05, 0) is 43.7 Å². The van der Waals surface area contributed by atoms with Crippen molar-refractivity contribution in [2.75, 3.05) is 0 Å². The molecule has 0 saturated heterocycles. The van der Waals surface area contributed by atoms with E-state index < -0.39 is 0 Å². The molecule has 0 aliphatic carbocycles. The predicted octanol–water partition coefficient (Wildman–Crippen LogP) is 4.63. The molecule has 0 radical (unpaired) electrons. The molecule has 0 aliphatic heterocycles. The fourth-order valence-electron chi connectivity index (χ4n) is 2.93. The molecule has 3 nitrogen and oxygen atoms in total. The predicted molar refractivity (Wildman–Crippen MR) is 97.6 cm³/mol. The van der Waals surface area contributed by atoms with Crippen LogP contribution in [-0.4, -0.2) is 14.5 Å². The number of hydrogen-bond donors (Lipinski definition) is 0. The number of benzene rings is 2. The Morgan fingerprint density at radius 3 is 2.21 bits per heavy atom. The quantitative estimate of drug-likeness (QED) is 0.552. The lowest BCUT2D eigenvalue weighted by molar-refractivity contribution is 0.923. The van der Waals surface area contributed by atoms with E-state index >= 15 is 0 Å². The van der Waals surface area contributed by atoms with E-state index in [-0.39, 0.29) is 0 Å². The fourth-order valence-corrected chi connectivity index (χ4v) is 2.93. The highest BCUT2D eigenvalue weighted by Crippen LogP contribution is 2.22. The molecule has 2 aromatic heterocycles. The Kier molecular flexibility index (Phi) is 3.62. The first-order valence-corrected chi connectivity index (χ1v) is 8.16. The zero-order valence-electron chi connectivity index (χ0n) is 13.9. The number of fused-ring (bicyclic) bond motifs is 1. The topological polar surface area (TPSA) is 30.7 Å². The van der Waals surface area contributed by atoms with Crippen molar-refractivity contribution in [1.82, 2.24) is 14.5 Å². The molecule has 2 aromatic carbocycles. The van der Waals surface area contributed by atoms with Gasteiger partial charge in [-0.15, -0.1) is 0 Å². The molecule has 0 unspecified atom stereocenters. The SMILES string of the molecule is Cc1ccc(Cc2nc3cccnc3n2-c2ccc(C)cc2)cc1. The smallest absolute Gasteiger partial charge is 0.164 e. The number of hydrogen-bond acceptors (Lipinski definition) is 2. The molecule has 0 amide bonds. The van der Waals surface area contributed by atoms with E-state index in [1.807, 2.05) is 18.3 Å². The summed E-state index contributed by atoms with van der Waals surface area (Å²) < 4.78 is 2.16. The fraction of sp³-hybridized carbons (Fsp3) is 0.143. The van der Waals surface area contributed by atoms with Crippen molar-refractivity contribution in [2.45, 2.75) is 20.3 Å². The summed E-state index contributed by atoms with van der Waals surface area (Å²) in [6.45, 7) is 4.20. The number of pyridine rings is 1. The maximum atomic E-state index is 4.83. The van der Waals surface area contributed by atoms with Crippen LogP contribution < -0.4 is 0 Å². The zero-order chi connectivity index (χ0) is 16.5. The van der Waals surface area contributed by atoms with Gasteiger partial charge >= 0.3 is 0 Å². The second-order valence-electron chi connectivity index (χ2n) is 6.21. The average molecular weight is 313 g/mol. The van der Waals surface area contributed by atoms with Gasteiger partial charge in [-0.1, -0.05) is 47.5 Å². The van der Waals surface area contributed by atoms with Gasteiger partial charge in [0.2, 0.25) is 0 Å². The molecule has 4 aromatic rings. The molecule has 0 atom stereocenters.